The lowest BCUT2D eigenvalue weighted by Crippen LogP contribution is -2.14. The van der Waals surface area contributed by atoms with E-state index in [2.05, 4.69) is 4.74 Å². The quantitative estimate of drug-likeness (QED) is 0.600. The number of hydrogen-bond donors (Lipinski definition) is 0. The standard InChI is InChI=1S/C16H14F2O5/c1-9-7-13(10(2)22-9)15(20)21-8-14(19)11-3-5-12(6-4-11)23-16(17)18/h3-7,16H,8H2,1-2H3. The Balaban J connectivity index is 1.94. The van der Waals surface area contributed by atoms with Crippen LogP contribution in [0.5, 0.6) is 5.75 Å². The second-order valence-corrected chi connectivity index (χ2v) is 4.73. The average molecular weight is 324 g/mol. The molecule has 122 valence electrons. The number of esters is 1. The molecule has 0 aliphatic heterocycles. The van der Waals surface area contributed by atoms with Crippen molar-refractivity contribution in [3.8, 4) is 5.75 Å². The van der Waals surface area contributed by atoms with Crippen LogP contribution >= 0.6 is 0 Å². The number of aryl methyl sites for hydroxylation is 2. The number of rotatable bonds is 6. The molecule has 0 aliphatic rings. The van der Waals surface area contributed by atoms with Gasteiger partial charge in [-0.05, 0) is 44.2 Å². The fraction of sp³-hybridized carbons (Fsp3) is 0.250. The van der Waals surface area contributed by atoms with Gasteiger partial charge in [0.05, 0.1) is 0 Å². The zero-order valence-corrected chi connectivity index (χ0v) is 12.5. The summed E-state index contributed by atoms with van der Waals surface area (Å²) in [6.45, 7) is -0.0815. The largest absolute Gasteiger partial charge is 0.466 e. The summed E-state index contributed by atoms with van der Waals surface area (Å²) in [6.07, 6.45) is 0. The van der Waals surface area contributed by atoms with Crippen LogP contribution in [0.3, 0.4) is 0 Å². The molecular formula is C16H14F2O5. The Morgan fingerprint density at radius 1 is 1.17 bits per heavy atom. The number of alkyl halides is 2. The van der Waals surface area contributed by atoms with Crippen molar-refractivity contribution in [1.82, 2.24) is 0 Å². The van der Waals surface area contributed by atoms with Crippen molar-refractivity contribution >= 4 is 11.8 Å². The monoisotopic (exact) mass is 324 g/mol. The number of hydrogen-bond acceptors (Lipinski definition) is 5. The van der Waals surface area contributed by atoms with Crippen molar-refractivity contribution in [3.05, 3.63) is 53.0 Å². The van der Waals surface area contributed by atoms with Crippen LogP contribution in [0, 0.1) is 13.8 Å². The van der Waals surface area contributed by atoms with Crippen molar-refractivity contribution in [2.24, 2.45) is 0 Å². The van der Waals surface area contributed by atoms with Crippen LogP contribution in [-0.4, -0.2) is 25.0 Å². The van der Waals surface area contributed by atoms with Gasteiger partial charge in [0.25, 0.3) is 0 Å². The molecule has 0 atom stereocenters. The van der Waals surface area contributed by atoms with Gasteiger partial charge in [-0.2, -0.15) is 8.78 Å². The zero-order valence-electron chi connectivity index (χ0n) is 12.5. The predicted octanol–water partition coefficient (Wildman–Crippen LogP) is 3.54. The maximum absolute atomic E-state index is 12.0. The van der Waals surface area contributed by atoms with E-state index in [4.69, 9.17) is 9.15 Å². The van der Waals surface area contributed by atoms with Crippen molar-refractivity contribution < 1.29 is 32.3 Å². The van der Waals surface area contributed by atoms with Crippen molar-refractivity contribution in [1.29, 1.82) is 0 Å². The highest BCUT2D eigenvalue weighted by Gasteiger charge is 2.17. The first-order valence-corrected chi connectivity index (χ1v) is 6.69. The van der Waals surface area contributed by atoms with Crippen LogP contribution in [0.15, 0.2) is 34.7 Å². The Labute approximate surface area is 130 Å². The summed E-state index contributed by atoms with van der Waals surface area (Å²) in [7, 11) is 0. The molecule has 5 nitrogen and oxygen atoms in total. The Morgan fingerprint density at radius 3 is 2.35 bits per heavy atom. The first-order chi connectivity index (χ1) is 10.9. The lowest BCUT2D eigenvalue weighted by atomic mass is 10.1. The number of Topliss-reactive ketones (excluding diaryl/α,β-unsaturated/α-hetero) is 1. The molecule has 23 heavy (non-hydrogen) atoms. The molecule has 0 fully saturated rings. The SMILES string of the molecule is Cc1cc(C(=O)OCC(=O)c2ccc(OC(F)F)cc2)c(C)o1. The Bertz CT molecular complexity index is 704. The van der Waals surface area contributed by atoms with Gasteiger partial charge >= 0.3 is 12.6 Å². The number of carbonyl (C=O) groups excluding carboxylic acids is 2. The second kappa shape index (κ2) is 7.04. The normalized spacial score (nSPS) is 10.7. The van der Waals surface area contributed by atoms with Crippen LogP contribution < -0.4 is 4.74 Å². The van der Waals surface area contributed by atoms with Gasteiger partial charge in [0.2, 0.25) is 0 Å². The van der Waals surface area contributed by atoms with Gasteiger partial charge in [-0.25, -0.2) is 4.79 Å². The van der Waals surface area contributed by atoms with Gasteiger partial charge in [-0.1, -0.05) is 0 Å². The lowest BCUT2D eigenvalue weighted by molar-refractivity contribution is -0.0498. The third-order valence-electron chi connectivity index (χ3n) is 3.00. The third-order valence-corrected chi connectivity index (χ3v) is 3.00. The summed E-state index contributed by atoms with van der Waals surface area (Å²) in [5.74, 6) is -0.202. The minimum absolute atomic E-state index is 0.0574. The smallest absolute Gasteiger partial charge is 0.387 e. The molecule has 0 aliphatic carbocycles. The molecule has 0 radical (unpaired) electrons. The number of ketones is 1. The van der Waals surface area contributed by atoms with Crippen molar-refractivity contribution in [2.75, 3.05) is 6.61 Å². The van der Waals surface area contributed by atoms with Crippen LogP contribution in [-0.2, 0) is 4.74 Å². The van der Waals surface area contributed by atoms with Gasteiger partial charge in [0, 0.05) is 5.56 Å². The number of benzene rings is 1. The van der Waals surface area contributed by atoms with Crippen LogP contribution in [0.1, 0.15) is 32.2 Å². The van der Waals surface area contributed by atoms with Crippen molar-refractivity contribution in [3.63, 3.8) is 0 Å². The number of carbonyl (C=O) groups is 2. The van der Waals surface area contributed by atoms with E-state index in [1.807, 2.05) is 0 Å². The molecule has 0 N–H and O–H groups in total. The number of ether oxygens (including phenoxy) is 2. The first-order valence-electron chi connectivity index (χ1n) is 6.69. The van der Waals surface area contributed by atoms with Crippen LogP contribution in [0.2, 0.25) is 0 Å². The average Bonchev–Trinajstić information content (AvgIpc) is 2.83. The summed E-state index contributed by atoms with van der Waals surface area (Å²) in [5, 5.41) is 0. The summed E-state index contributed by atoms with van der Waals surface area (Å²) < 4.78 is 38.4. The molecule has 0 amide bonds. The lowest BCUT2D eigenvalue weighted by Gasteiger charge is -2.06. The molecule has 1 aromatic carbocycles. The van der Waals surface area contributed by atoms with E-state index in [9.17, 15) is 18.4 Å². The molecule has 7 heteroatoms. The molecule has 0 unspecified atom stereocenters. The molecule has 2 aromatic rings. The van der Waals surface area contributed by atoms with E-state index in [1.165, 1.54) is 30.3 Å². The highest BCUT2D eigenvalue weighted by Crippen LogP contribution is 2.17. The molecule has 0 spiro atoms. The molecule has 0 saturated carbocycles. The molecular weight excluding hydrogens is 310 g/mol. The molecule has 1 aromatic heterocycles. The molecule has 0 saturated heterocycles. The predicted molar refractivity (Wildman–Crippen MR) is 75.9 cm³/mol. The fourth-order valence-corrected chi connectivity index (χ4v) is 1.95. The van der Waals surface area contributed by atoms with E-state index in [1.54, 1.807) is 13.8 Å². The molecule has 1 heterocycles. The number of halogens is 2. The minimum atomic E-state index is -2.93. The summed E-state index contributed by atoms with van der Waals surface area (Å²) >= 11 is 0. The Hall–Kier alpha value is -2.70. The van der Waals surface area contributed by atoms with Gasteiger partial charge < -0.3 is 13.9 Å². The molecule has 0 bridgehead atoms. The second-order valence-electron chi connectivity index (χ2n) is 4.73. The van der Waals surface area contributed by atoms with Crippen LogP contribution in [0.4, 0.5) is 8.78 Å². The van der Waals surface area contributed by atoms with Gasteiger partial charge in [-0.15, -0.1) is 0 Å². The van der Waals surface area contributed by atoms with E-state index in [-0.39, 0.29) is 16.9 Å². The van der Waals surface area contributed by atoms with E-state index in [0.717, 1.165) is 0 Å². The van der Waals surface area contributed by atoms with Gasteiger partial charge in [0.1, 0.15) is 22.8 Å². The summed E-state index contributed by atoms with van der Waals surface area (Å²) in [5.41, 5.74) is 0.482. The zero-order chi connectivity index (χ0) is 17.0. The summed E-state index contributed by atoms with van der Waals surface area (Å²) in [6, 6.07) is 6.65. The van der Waals surface area contributed by atoms with Crippen LogP contribution in [0.25, 0.3) is 0 Å². The number of furan rings is 1. The third kappa shape index (κ3) is 4.38. The fourth-order valence-electron chi connectivity index (χ4n) is 1.95. The van der Waals surface area contributed by atoms with Gasteiger partial charge in [-0.3, -0.25) is 4.79 Å². The Kier molecular flexibility index (Phi) is 5.10. The van der Waals surface area contributed by atoms with E-state index in [0.29, 0.717) is 11.5 Å². The highest BCUT2D eigenvalue weighted by molar-refractivity contribution is 5.99. The minimum Gasteiger partial charge on any atom is -0.466 e. The molecule has 2 rings (SSSR count). The summed E-state index contributed by atoms with van der Waals surface area (Å²) in [4.78, 5) is 23.8. The van der Waals surface area contributed by atoms with Gasteiger partial charge in [0.15, 0.2) is 12.4 Å². The first kappa shape index (κ1) is 16.7. The topological polar surface area (TPSA) is 65.7 Å². The maximum atomic E-state index is 12.0. The van der Waals surface area contributed by atoms with E-state index >= 15 is 0 Å². The van der Waals surface area contributed by atoms with E-state index < -0.39 is 25.0 Å². The van der Waals surface area contributed by atoms with Crippen molar-refractivity contribution in [2.45, 2.75) is 20.5 Å². The maximum Gasteiger partial charge on any atom is 0.387 e. The Morgan fingerprint density at radius 2 is 1.83 bits per heavy atom. The highest BCUT2D eigenvalue weighted by atomic mass is 19.3.